The van der Waals surface area contributed by atoms with E-state index in [4.69, 9.17) is 13.9 Å². The van der Waals surface area contributed by atoms with Crippen molar-refractivity contribution in [2.45, 2.75) is 26.0 Å². The number of nitrogens with one attached hydrogen (secondary N) is 1. The van der Waals surface area contributed by atoms with Gasteiger partial charge in [0.2, 0.25) is 0 Å². The molecular weight excluding hydrogens is 378 g/mol. The summed E-state index contributed by atoms with van der Waals surface area (Å²) in [5.41, 5.74) is 1.15. The number of aryl methyl sites for hydroxylation is 1. The Morgan fingerprint density at radius 2 is 1.93 bits per heavy atom. The van der Waals surface area contributed by atoms with Crippen molar-refractivity contribution in [2.75, 3.05) is 7.11 Å². The molecule has 0 saturated carbocycles. The lowest BCUT2D eigenvalue weighted by Gasteiger charge is -2.15. The molecule has 0 radical (unpaired) electrons. The maximum Gasteiger partial charge on any atom is 0.307 e. The number of rotatable bonds is 8. The van der Waals surface area contributed by atoms with E-state index in [1.165, 1.54) is 18.4 Å². The molecule has 146 valence electrons. The molecule has 6 nitrogen and oxygen atoms in total. The van der Waals surface area contributed by atoms with Crippen LogP contribution in [0.2, 0.25) is 0 Å². The topological polar surface area (TPSA) is 77.8 Å². The summed E-state index contributed by atoms with van der Waals surface area (Å²) in [6, 6.07) is 14.2. The number of thiophene rings is 1. The summed E-state index contributed by atoms with van der Waals surface area (Å²) in [5.74, 6) is 0.623. The van der Waals surface area contributed by atoms with Crippen molar-refractivity contribution in [3.63, 3.8) is 0 Å². The molecule has 7 heteroatoms. The molecular formula is C21H21NO5S. The molecule has 3 aromatic rings. The van der Waals surface area contributed by atoms with Crippen LogP contribution < -0.4 is 10.1 Å². The molecule has 0 unspecified atom stereocenters. The molecule has 2 heterocycles. The highest BCUT2D eigenvalue weighted by Crippen LogP contribution is 2.23. The molecule has 0 aliphatic carbocycles. The van der Waals surface area contributed by atoms with Gasteiger partial charge in [0, 0.05) is 4.88 Å². The smallest absolute Gasteiger partial charge is 0.307 e. The van der Waals surface area contributed by atoms with Crippen LogP contribution in [-0.4, -0.2) is 19.0 Å². The second-order valence-electron chi connectivity index (χ2n) is 6.19. The van der Waals surface area contributed by atoms with E-state index in [2.05, 4.69) is 5.32 Å². The maximum absolute atomic E-state index is 12.6. The van der Waals surface area contributed by atoms with Gasteiger partial charge in [0.15, 0.2) is 5.76 Å². The van der Waals surface area contributed by atoms with Crippen LogP contribution in [0.1, 0.15) is 39.2 Å². The summed E-state index contributed by atoms with van der Waals surface area (Å²) in [5, 5.41) is 4.72. The number of ether oxygens (including phenoxy) is 2. The number of hydrogen-bond donors (Lipinski definition) is 1. The lowest BCUT2D eigenvalue weighted by atomic mass is 10.1. The number of methoxy groups -OCH3 is 1. The molecule has 0 aliphatic rings. The van der Waals surface area contributed by atoms with Crippen molar-refractivity contribution in [3.8, 4) is 5.75 Å². The van der Waals surface area contributed by atoms with E-state index in [9.17, 15) is 9.59 Å². The van der Waals surface area contributed by atoms with Crippen LogP contribution in [-0.2, 0) is 16.1 Å². The van der Waals surface area contributed by atoms with Gasteiger partial charge in [-0.1, -0.05) is 23.8 Å². The normalized spacial score (nSPS) is 11.6. The Morgan fingerprint density at radius 3 is 2.61 bits per heavy atom. The van der Waals surface area contributed by atoms with E-state index in [-0.39, 0.29) is 18.8 Å². The average Bonchev–Trinajstić information content (AvgIpc) is 3.39. The largest absolute Gasteiger partial charge is 0.486 e. The van der Waals surface area contributed by atoms with Crippen LogP contribution in [0.4, 0.5) is 0 Å². The monoisotopic (exact) mass is 399 g/mol. The standard InChI is InChI=1S/C21H21NO5S/c1-14-5-7-15(8-6-14)26-13-16-9-10-18(27-16)21(24)22-17(12-20(23)25-2)19-4-3-11-28-19/h3-11,17H,12-13H2,1-2H3,(H,22,24)/t17-/m0/s1. The predicted octanol–water partition coefficient (Wildman–Crippen LogP) is 4.26. The Labute approximate surface area is 167 Å². The van der Waals surface area contributed by atoms with Crippen LogP contribution in [0.3, 0.4) is 0 Å². The zero-order chi connectivity index (χ0) is 19.9. The third kappa shape index (κ3) is 5.23. The first-order chi connectivity index (χ1) is 13.5. The molecule has 0 aliphatic heterocycles. The van der Waals surface area contributed by atoms with Crippen LogP contribution >= 0.6 is 11.3 Å². The lowest BCUT2D eigenvalue weighted by Crippen LogP contribution is -2.29. The van der Waals surface area contributed by atoms with E-state index in [1.807, 2.05) is 48.7 Å². The summed E-state index contributed by atoms with van der Waals surface area (Å²) < 4.78 is 16.0. The van der Waals surface area contributed by atoms with Gasteiger partial charge in [0.1, 0.15) is 18.1 Å². The predicted molar refractivity (Wildman–Crippen MR) is 105 cm³/mol. The van der Waals surface area contributed by atoms with Crippen molar-refractivity contribution in [1.82, 2.24) is 5.32 Å². The van der Waals surface area contributed by atoms with Crippen molar-refractivity contribution in [3.05, 3.63) is 75.9 Å². The molecule has 0 spiro atoms. The quantitative estimate of drug-likeness (QED) is 0.573. The van der Waals surface area contributed by atoms with Crippen LogP contribution in [0.5, 0.6) is 5.75 Å². The van der Waals surface area contributed by atoms with E-state index in [1.54, 1.807) is 12.1 Å². The van der Waals surface area contributed by atoms with Gasteiger partial charge in [-0.15, -0.1) is 11.3 Å². The second-order valence-corrected chi connectivity index (χ2v) is 7.17. The molecule has 1 aromatic carbocycles. The van der Waals surface area contributed by atoms with Gasteiger partial charge in [-0.25, -0.2) is 0 Å². The summed E-state index contributed by atoms with van der Waals surface area (Å²) in [4.78, 5) is 25.1. The molecule has 0 bridgehead atoms. The molecule has 1 N–H and O–H groups in total. The number of benzene rings is 1. The highest BCUT2D eigenvalue weighted by atomic mass is 32.1. The summed E-state index contributed by atoms with van der Waals surface area (Å²) in [7, 11) is 1.32. The fourth-order valence-corrected chi connectivity index (χ4v) is 3.34. The zero-order valence-corrected chi connectivity index (χ0v) is 16.5. The summed E-state index contributed by atoms with van der Waals surface area (Å²) in [6.07, 6.45) is 0.0485. The summed E-state index contributed by atoms with van der Waals surface area (Å²) in [6.45, 7) is 2.22. The highest BCUT2D eigenvalue weighted by Gasteiger charge is 2.22. The van der Waals surface area contributed by atoms with E-state index < -0.39 is 17.9 Å². The van der Waals surface area contributed by atoms with Crippen molar-refractivity contribution < 1.29 is 23.5 Å². The molecule has 0 fully saturated rings. The Bertz CT molecular complexity index is 915. The maximum atomic E-state index is 12.6. The van der Waals surface area contributed by atoms with Gasteiger partial charge in [-0.2, -0.15) is 0 Å². The van der Waals surface area contributed by atoms with Crippen LogP contribution in [0.15, 0.2) is 58.3 Å². The van der Waals surface area contributed by atoms with Gasteiger partial charge in [0.05, 0.1) is 19.6 Å². The SMILES string of the molecule is COC(=O)C[C@H](NC(=O)c1ccc(COc2ccc(C)cc2)o1)c1cccs1. The van der Waals surface area contributed by atoms with E-state index in [0.717, 1.165) is 16.2 Å². The number of furan rings is 1. The van der Waals surface area contributed by atoms with E-state index in [0.29, 0.717) is 5.76 Å². The Kier molecular flexibility index (Phi) is 6.49. The third-order valence-electron chi connectivity index (χ3n) is 4.08. The molecule has 28 heavy (non-hydrogen) atoms. The zero-order valence-electron chi connectivity index (χ0n) is 15.6. The third-order valence-corrected chi connectivity index (χ3v) is 5.06. The first kappa shape index (κ1) is 19.7. The highest BCUT2D eigenvalue weighted by molar-refractivity contribution is 7.10. The first-order valence-corrected chi connectivity index (χ1v) is 9.62. The van der Waals surface area contributed by atoms with Crippen LogP contribution in [0, 0.1) is 6.92 Å². The molecule has 2 aromatic heterocycles. The van der Waals surface area contributed by atoms with E-state index >= 15 is 0 Å². The average molecular weight is 399 g/mol. The number of carbonyl (C=O) groups is 2. The van der Waals surface area contributed by atoms with Gasteiger partial charge in [-0.05, 0) is 42.6 Å². The van der Waals surface area contributed by atoms with Crippen molar-refractivity contribution in [1.29, 1.82) is 0 Å². The van der Waals surface area contributed by atoms with Crippen LogP contribution in [0.25, 0.3) is 0 Å². The molecule has 3 rings (SSSR count). The Hall–Kier alpha value is -3.06. The number of hydrogen-bond acceptors (Lipinski definition) is 6. The van der Waals surface area contributed by atoms with Gasteiger partial charge < -0.3 is 19.2 Å². The van der Waals surface area contributed by atoms with Gasteiger partial charge >= 0.3 is 5.97 Å². The van der Waals surface area contributed by atoms with Crippen molar-refractivity contribution in [2.24, 2.45) is 0 Å². The minimum absolute atomic E-state index is 0.0485. The first-order valence-electron chi connectivity index (χ1n) is 8.74. The van der Waals surface area contributed by atoms with Crippen molar-refractivity contribution >= 4 is 23.2 Å². The molecule has 1 atom stereocenters. The lowest BCUT2D eigenvalue weighted by molar-refractivity contribution is -0.141. The fraction of sp³-hybridized carbons (Fsp3) is 0.238. The minimum atomic E-state index is -0.475. The minimum Gasteiger partial charge on any atom is -0.486 e. The number of amides is 1. The van der Waals surface area contributed by atoms with Gasteiger partial charge in [0.25, 0.3) is 5.91 Å². The van der Waals surface area contributed by atoms with Gasteiger partial charge in [-0.3, -0.25) is 9.59 Å². The Morgan fingerprint density at radius 1 is 1.14 bits per heavy atom. The second kappa shape index (κ2) is 9.23. The number of carbonyl (C=O) groups excluding carboxylic acids is 2. The summed E-state index contributed by atoms with van der Waals surface area (Å²) >= 11 is 1.46. The molecule has 0 saturated heterocycles. The Balaban J connectivity index is 1.61. The fourth-order valence-electron chi connectivity index (χ4n) is 2.56. The molecule has 1 amide bonds. The number of esters is 1.